The fourth-order valence-electron chi connectivity index (χ4n) is 4.45. The zero-order valence-electron chi connectivity index (χ0n) is 17.1. The summed E-state index contributed by atoms with van der Waals surface area (Å²) < 4.78 is 39.9. The third-order valence-electron chi connectivity index (χ3n) is 6.51. The molecule has 156 valence electrons. The molecule has 0 aromatic heterocycles. The van der Waals surface area contributed by atoms with Crippen LogP contribution in [-0.4, -0.2) is 19.3 Å². The van der Waals surface area contributed by atoms with Crippen LogP contribution in [-0.2, 0) is 4.74 Å². The minimum atomic E-state index is -0.923. The van der Waals surface area contributed by atoms with Gasteiger partial charge in [-0.3, -0.25) is 0 Å². The number of benzene rings is 2. The number of hydrogen-bond donors (Lipinski definition) is 0. The second kappa shape index (κ2) is 9.25. The molecule has 0 atom stereocenters. The Hall–Kier alpha value is -1.94. The van der Waals surface area contributed by atoms with Crippen molar-refractivity contribution in [3.63, 3.8) is 0 Å². The Bertz CT molecular complexity index is 806. The summed E-state index contributed by atoms with van der Waals surface area (Å²) in [6.07, 6.45) is 8.91. The molecule has 0 aliphatic heterocycles. The molecule has 2 aromatic carbocycles. The lowest BCUT2D eigenvalue weighted by Crippen LogP contribution is -2.26. The van der Waals surface area contributed by atoms with Crippen molar-refractivity contribution in [2.45, 2.75) is 63.9 Å². The van der Waals surface area contributed by atoms with Crippen LogP contribution in [0.2, 0.25) is 0 Å². The van der Waals surface area contributed by atoms with E-state index < -0.39 is 11.6 Å². The summed E-state index contributed by atoms with van der Waals surface area (Å²) in [5.41, 5.74) is 2.23. The fourth-order valence-corrected chi connectivity index (χ4v) is 4.45. The third-order valence-corrected chi connectivity index (χ3v) is 6.51. The summed E-state index contributed by atoms with van der Waals surface area (Å²) in [5.74, 6) is -0.495. The maximum absolute atomic E-state index is 14.5. The molecule has 0 radical (unpaired) electrons. The third kappa shape index (κ3) is 4.63. The highest BCUT2D eigenvalue weighted by Gasteiger charge is 2.25. The molecule has 0 unspecified atom stereocenters. The molecule has 2 aromatic rings. The van der Waals surface area contributed by atoms with Crippen LogP contribution in [0.4, 0.5) is 8.78 Å². The Labute approximate surface area is 172 Å². The molecule has 0 spiro atoms. The molecular weight excluding hydrogens is 370 g/mol. The molecule has 2 nitrogen and oxygen atoms in total. The van der Waals surface area contributed by atoms with Gasteiger partial charge in [-0.25, -0.2) is 4.39 Å². The highest BCUT2D eigenvalue weighted by Crippen LogP contribution is 2.37. The lowest BCUT2D eigenvalue weighted by molar-refractivity contribution is -0.00998. The standard InChI is InChI=1S/C25H30F2O2/c1-2-28-23-15-14-22(24(26)25(23)27)20-8-6-18(7-9-20)19-10-12-21(13-11-19)29-16-17-4-3-5-17/h6-9,14-15,17,19,21H,2-5,10-13,16H2,1H3. The molecule has 2 aliphatic carbocycles. The molecule has 0 N–H and O–H groups in total. The molecule has 2 fully saturated rings. The number of halogens is 2. The quantitative estimate of drug-likeness (QED) is 0.505. The first-order valence-electron chi connectivity index (χ1n) is 11.0. The van der Waals surface area contributed by atoms with E-state index in [1.807, 2.05) is 12.1 Å². The first kappa shape index (κ1) is 20.3. The van der Waals surface area contributed by atoms with Gasteiger partial charge in [0.05, 0.1) is 12.7 Å². The average Bonchev–Trinajstić information content (AvgIpc) is 2.71. The molecule has 4 heteroatoms. The molecule has 4 rings (SSSR count). The first-order chi connectivity index (χ1) is 14.2. The predicted octanol–water partition coefficient (Wildman–Crippen LogP) is 6.87. The van der Waals surface area contributed by atoms with Crippen LogP contribution >= 0.6 is 0 Å². The van der Waals surface area contributed by atoms with Crippen molar-refractivity contribution >= 4 is 0 Å². The van der Waals surface area contributed by atoms with Gasteiger partial charge in [-0.1, -0.05) is 30.7 Å². The van der Waals surface area contributed by atoms with Gasteiger partial charge in [0.2, 0.25) is 5.82 Å². The van der Waals surface area contributed by atoms with Crippen molar-refractivity contribution in [1.29, 1.82) is 0 Å². The summed E-state index contributed by atoms with van der Waals surface area (Å²) in [6, 6.07) is 11.0. The Balaban J connectivity index is 1.36. The summed E-state index contributed by atoms with van der Waals surface area (Å²) >= 11 is 0. The van der Waals surface area contributed by atoms with Crippen LogP contribution in [0.25, 0.3) is 11.1 Å². The van der Waals surface area contributed by atoms with Gasteiger partial charge >= 0.3 is 0 Å². The number of hydrogen-bond acceptors (Lipinski definition) is 2. The van der Waals surface area contributed by atoms with Crippen molar-refractivity contribution in [3.8, 4) is 16.9 Å². The second-order valence-electron chi connectivity index (χ2n) is 8.40. The van der Waals surface area contributed by atoms with Gasteiger partial charge in [0.25, 0.3) is 0 Å². The molecule has 0 heterocycles. The number of rotatable bonds is 7. The number of ether oxygens (including phenoxy) is 2. The lowest BCUT2D eigenvalue weighted by Gasteiger charge is -2.32. The average molecular weight is 401 g/mol. The van der Waals surface area contributed by atoms with E-state index in [0.717, 1.165) is 38.2 Å². The maximum Gasteiger partial charge on any atom is 0.201 e. The minimum absolute atomic E-state index is 0.0401. The molecular formula is C25H30F2O2. The molecule has 2 aliphatic rings. The van der Waals surface area contributed by atoms with Gasteiger partial charge in [0.1, 0.15) is 0 Å². The largest absolute Gasteiger partial charge is 0.491 e. The Kier molecular flexibility index (Phi) is 6.49. The van der Waals surface area contributed by atoms with E-state index in [4.69, 9.17) is 9.47 Å². The van der Waals surface area contributed by atoms with Crippen LogP contribution in [0.5, 0.6) is 5.75 Å². The summed E-state index contributed by atoms with van der Waals surface area (Å²) in [7, 11) is 0. The topological polar surface area (TPSA) is 18.5 Å². The fraction of sp³-hybridized carbons (Fsp3) is 0.520. The van der Waals surface area contributed by atoms with E-state index in [1.165, 1.54) is 30.9 Å². The van der Waals surface area contributed by atoms with Crippen LogP contribution < -0.4 is 4.74 Å². The molecule has 0 amide bonds. The van der Waals surface area contributed by atoms with Crippen molar-refractivity contribution in [3.05, 3.63) is 53.6 Å². The van der Waals surface area contributed by atoms with Gasteiger partial charge < -0.3 is 9.47 Å². The summed E-state index contributed by atoms with van der Waals surface area (Å²) in [4.78, 5) is 0. The summed E-state index contributed by atoms with van der Waals surface area (Å²) in [6.45, 7) is 2.99. The highest BCUT2D eigenvalue weighted by atomic mass is 19.2. The smallest absolute Gasteiger partial charge is 0.201 e. The van der Waals surface area contributed by atoms with E-state index in [2.05, 4.69) is 12.1 Å². The van der Waals surface area contributed by atoms with Gasteiger partial charge in [-0.2, -0.15) is 4.39 Å². The predicted molar refractivity (Wildman–Crippen MR) is 111 cm³/mol. The van der Waals surface area contributed by atoms with Crippen molar-refractivity contribution in [2.75, 3.05) is 13.2 Å². The second-order valence-corrected chi connectivity index (χ2v) is 8.40. The van der Waals surface area contributed by atoms with E-state index >= 15 is 0 Å². The van der Waals surface area contributed by atoms with E-state index in [-0.39, 0.29) is 11.3 Å². The maximum atomic E-state index is 14.5. The van der Waals surface area contributed by atoms with Gasteiger partial charge in [-0.15, -0.1) is 0 Å². The van der Waals surface area contributed by atoms with Crippen LogP contribution in [0.1, 0.15) is 63.4 Å². The van der Waals surface area contributed by atoms with Crippen molar-refractivity contribution in [2.24, 2.45) is 5.92 Å². The van der Waals surface area contributed by atoms with Crippen molar-refractivity contribution < 1.29 is 18.3 Å². The van der Waals surface area contributed by atoms with Crippen LogP contribution in [0, 0.1) is 17.6 Å². The Morgan fingerprint density at radius 1 is 0.862 bits per heavy atom. The van der Waals surface area contributed by atoms with Gasteiger partial charge in [0.15, 0.2) is 11.6 Å². The van der Waals surface area contributed by atoms with E-state index in [0.29, 0.717) is 24.2 Å². The SMILES string of the molecule is CCOc1ccc(-c2ccc(C3CCC(OCC4CCC4)CC3)cc2)c(F)c1F. The first-order valence-corrected chi connectivity index (χ1v) is 11.0. The van der Waals surface area contributed by atoms with Gasteiger partial charge in [-0.05, 0) is 80.5 Å². The van der Waals surface area contributed by atoms with Crippen LogP contribution in [0.15, 0.2) is 36.4 Å². The molecule has 0 bridgehead atoms. The Morgan fingerprint density at radius 2 is 1.59 bits per heavy atom. The Morgan fingerprint density at radius 3 is 2.21 bits per heavy atom. The normalized spacial score (nSPS) is 22.3. The molecule has 0 saturated heterocycles. The lowest BCUT2D eigenvalue weighted by atomic mass is 9.82. The monoisotopic (exact) mass is 400 g/mol. The zero-order valence-corrected chi connectivity index (χ0v) is 17.1. The van der Waals surface area contributed by atoms with E-state index in [1.54, 1.807) is 13.0 Å². The van der Waals surface area contributed by atoms with Gasteiger partial charge in [0, 0.05) is 12.2 Å². The van der Waals surface area contributed by atoms with E-state index in [9.17, 15) is 8.78 Å². The zero-order chi connectivity index (χ0) is 20.2. The molecule has 29 heavy (non-hydrogen) atoms. The van der Waals surface area contributed by atoms with Crippen LogP contribution in [0.3, 0.4) is 0 Å². The highest BCUT2D eigenvalue weighted by molar-refractivity contribution is 5.65. The molecule has 2 saturated carbocycles. The van der Waals surface area contributed by atoms with Crippen molar-refractivity contribution in [1.82, 2.24) is 0 Å². The summed E-state index contributed by atoms with van der Waals surface area (Å²) in [5, 5.41) is 0. The minimum Gasteiger partial charge on any atom is -0.491 e.